The zero-order valence-electron chi connectivity index (χ0n) is 10.9. The van der Waals surface area contributed by atoms with Crippen molar-refractivity contribution in [2.24, 2.45) is 17.1 Å². The number of hydrogen-bond acceptors (Lipinski definition) is 3. The fourth-order valence-corrected chi connectivity index (χ4v) is 4.74. The second kappa shape index (κ2) is 6.04. The number of thiophene rings is 1. The summed E-state index contributed by atoms with van der Waals surface area (Å²) in [6.45, 7) is 2.83. The first-order chi connectivity index (χ1) is 8.63. The molecule has 1 atom stereocenters. The average Bonchev–Trinajstić information content (AvgIpc) is 2.84. The van der Waals surface area contributed by atoms with E-state index in [0.717, 1.165) is 28.1 Å². The Bertz CT molecular complexity index is 385. The van der Waals surface area contributed by atoms with Crippen LogP contribution in [0.15, 0.2) is 15.9 Å². The Balaban J connectivity index is 2.16. The van der Waals surface area contributed by atoms with Crippen molar-refractivity contribution in [2.75, 3.05) is 6.54 Å². The van der Waals surface area contributed by atoms with Crippen molar-refractivity contribution in [1.29, 1.82) is 0 Å². The molecule has 4 heteroatoms. The molecule has 0 aromatic carbocycles. The SMILES string of the molecule is CCC1CCC(CN)(C(O)c2sccc2Br)CC1. The molecule has 0 bridgehead atoms. The lowest BCUT2D eigenvalue weighted by atomic mass is 9.66. The Labute approximate surface area is 122 Å². The Kier molecular flexibility index (Phi) is 4.86. The second-order valence-electron chi connectivity index (χ2n) is 5.45. The van der Waals surface area contributed by atoms with E-state index in [-0.39, 0.29) is 5.41 Å². The van der Waals surface area contributed by atoms with Gasteiger partial charge in [0.15, 0.2) is 0 Å². The predicted molar refractivity (Wildman–Crippen MR) is 80.7 cm³/mol. The van der Waals surface area contributed by atoms with Gasteiger partial charge in [-0.25, -0.2) is 0 Å². The number of hydrogen-bond donors (Lipinski definition) is 2. The summed E-state index contributed by atoms with van der Waals surface area (Å²) >= 11 is 5.14. The highest BCUT2D eigenvalue weighted by molar-refractivity contribution is 9.10. The Morgan fingerprint density at radius 3 is 2.67 bits per heavy atom. The fraction of sp³-hybridized carbons (Fsp3) is 0.714. The minimum atomic E-state index is -0.422. The van der Waals surface area contributed by atoms with Crippen molar-refractivity contribution >= 4 is 27.3 Å². The molecular weight excluding hydrogens is 310 g/mol. The number of nitrogens with two attached hydrogens (primary N) is 1. The average molecular weight is 332 g/mol. The highest BCUT2D eigenvalue weighted by atomic mass is 79.9. The largest absolute Gasteiger partial charge is 0.387 e. The van der Waals surface area contributed by atoms with Crippen molar-refractivity contribution in [2.45, 2.75) is 45.1 Å². The maximum absolute atomic E-state index is 10.7. The van der Waals surface area contributed by atoms with Gasteiger partial charge >= 0.3 is 0 Å². The molecule has 1 heterocycles. The number of aliphatic hydroxyl groups is 1. The van der Waals surface area contributed by atoms with Crippen LogP contribution in [0.3, 0.4) is 0 Å². The van der Waals surface area contributed by atoms with E-state index in [1.54, 1.807) is 11.3 Å². The highest BCUT2D eigenvalue weighted by Crippen LogP contribution is 2.49. The summed E-state index contributed by atoms with van der Waals surface area (Å²) in [6, 6.07) is 2.01. The van der Waals surface area contributed by atoms with Crippen molar-refractivity contribution < 1.29 is 5.11 Å². The second-order valence-corrected chi connectivity index (χ2v) is 7.26. The third kappa shape index (κ3) is 2.67. The molecule has 0 amide bonds. The lowest BCUT2D eigenvalue weighted by Crippen LogP contribution is -2.40. The lowest BCUT2D eigenvalue weighted by molar-refractivity contribution is -0.00844. The lowest BCUT2D eigenvalue weighted by Gasteiger charge is -2.42. The number of aliphatic hydroxyl groups excluding tert-OH is 1. The number of rotatable bonds is 4. The van der Waals surface area contributed by atoms with Gasteiger partial charge in [-0.15, -0.1) is 11.3 Å². The summed E-state index contributed by atoms with van der Waals surface area (Å²) in [7, 11) is 0. The van der Waals surface area contributed by atoms with E-state index in [4.69, 9.17) is 5.73 Å². The van der Waals surface area contributed by atoms with Gasteiger partial charge in [0.25, 0.3) is 0 Å². The van der Waals surface area contributed by atoms with Gasteiger partial charge in [0.2, 0.25) is 0 Å². The van der Waals surface area contributed by atoms with Gasteiger partial charge < -0.3 is 10.8 Å². The summed E-state index contributed by atoms with van der Waals surface area (Å²) in [5.74, 6) is 0.823. The van der Waals surface area contributed by atoms with Crippen molar-refractivity contribution in [3.8, 4) is 0 Å². The quantitative estimate of drug-likeness (QED) is 0.872. The van der Waals surface area contributed by atoms with E-state index in [1.807, 2.05) is 11.4 Å². The molecule has 1 aromatic rings. The van der Waals surface area contributed by atoms with E-state index < -0.39 is 6.10 Å². The zero-order valence-corrected chi connectivity index (χ0v) is 13.3. The van der Waals surface area contributed by atoms with E-state index in [1.165, 1.54) is 19.3 Å². The first-order valence-electron chi connectivity index (χ1n) is 6.74. The van der Waals surface area contributed by atoms with Crippen LogP contribution in [0.5, 0.6) is 0 Å². The van der Waals surface area contributed by atoms with Gasteiger partial charge in [0.1, 0.15) is 0 Å². The molecule has 2 nitrogen and oxygen atoms in total. The summed E-state index contributed by atoms with van der Waals surface area (Å²) < 4.78 is 1.02. The zero-order chi connectivity index (χ0) is 13.2. The third-order valence-corrected chi connectivity index (χ3v) is 6.48. The topological polar surface area (TPSA) is 46.2 Å². The molecule has 3 N–H and O–H groups in total. The van der Waals surface area contributed by atoms with Gasteiger partial charge in [-0.05, 0) is 59.0 Å². The summed E-state index contributed by atoms with van der Waals surface area (Å²) in [5.41, 5.74) is 5.90. The van der Waals surface area contributed by atoms with Gasteiger partial charge in [-0.1, -0.05) is 13.3 Å². The Morgan fingerprint density at radius 1 is 1.56 bits per heavy atom. The maximum atomic E-state index is 10.7. The smallest absolute Gasteiger partial charge is 0.0961 e. The first-order valence-corrected chi connectivity index (χ1v) is 8.41. The standard InChI is InChI=1S/C14H22BrNOS/c1-2-10-3-6-14(9-16,7-4-10)13(17)12-11(15)5-8-18-12/h5,8,10,13,17H,2-4,6-7,9,16H2,1H3. The van der Waals surface area contributed by atoms with Crippen LogP contribution in [-0.4, -0.2) is 11.7 Å². The molecule has 1 fully saturated rings. The van der Waals surface area contributed by atoms with Crippen molar-refractivity contribution in [3.05, 3.63) is 20.8 Å². The highest BCUT2D eigenvalue weighted by Gasteiger charge is 2.41. The predicted octanol–water partition coefficient (Wildman–Crippen LogP) is 4.09. The van der Waals surface area contributed by atoms with Gasteiger partial charge in [-0.2, -0.15) is 0 Å². The van der Waals surface area contributed by atoms with Crippen LogP contribution in [-0.2, 0) is 0 Å². The molecule has 1 unspecified atom stereocenters. The molecule has 0 saturated heterocycles. The van der Waals surface area contributed by atoms with Crippen LogP contribution in [0.1, 0.15) is 50.0 Å². The molecule has 0 aliphatic heterocycles. The van der Waals surface area contributed by atoms with Gasteiger partial charge in [0.05, 0.1) is 6.10 Å². The molecule has 102 valence electrons. The van der Waals surface area contributed by atoms with Gasteiger partial charge in [-0.3, -0.25) is 0 Å². The van der Waals surface area contributed by atoms with E-state index >= 15 is 0 Å². The third-order valence-electron chi connectivity index (χ3n) is 4.56. The summed E-state index contributed by atoms with van der Waals surface area (Å²) in [4.78, 5) is 1.04. The molecule has 0 spiro atoms. The first kappa shape index (κ1) is 14.5. The molecule has 2 rings (SSSR count). The van der Waals surface area contributed by atoms with Crippen molar-refractivity contribution in [3.63, 3.8) is 0 Å². The summed E-state index contributed by atoms with van der Waals surface area (Å²) in [6.07, 6.45) is 5.33. The number of halogens is 1. The van der Waals surface area contributed by atoms with Crippen molar-refractivity contribution in [1.82, 2.24) is 0 Å². The Morgan fingerprint density at radius 2 is 2.22 bits per heavy atom. The molecule has 0 radical (unpaired) electrons. The van der Waals surface area contributed by atoms with Crippen LogP contribution in [0.2, 0.25) is 0 Å². The van der Waals surface area contributed by atoms with E-state index in [2.05, 4.69) is 22.9 Å². The van der Waals surface area contributed by atoms with E-state index in [9.17, 15) is 5.11 Å². The molecular formula is C14H22BrNOS. The van der Waals surface area contributed by atoms with Gasteiger partial charge in [0, 0.05) is 21.3 Å². The molecule has 1 saturated carbocycles. The van der Waals surface area contributed by atoms with Crippen LogP contribution < -0.4 is 5.73 Å². The van der Waals surface area contributed by atoms with Crippen LogP contribution in [0.4, 0.5) is 0 Å². The fourth-order valence-electron chi connectivity index (χ4n) is 3.03. The normalized spacial score (nSPS) is 30.3. The Hall–Kier alpha value is 0.100. The van der Waals surface area contributed by atoms with E-state index in [0.29, 0.717) is 6.54 Å². The van der Waals surface area contributed by atoms with Crippen LogP contribution in [0, 0.1) is 11.3 Å². The minimum Gasteiger partial charge on any atom is -0.387 e. The molecule has 1 aliphatic rings. The van der Waals surface area contributed by atoms with Crippen LogP contribution in [0.25, 0.3) is 0 Å². The molecule has 1 aliphatic carbocycles. The minimum absolute atomic E-state index is 0.112. The molecule has 18 heavy (non-hydrogen) atoms. The monoisotopic (exact) mass is 331 g/mol. The van der Waals surface area contributed by atoms with Crippen LogP contribution >= 0.6 is 27.3 Å². The molecule has 1 aromatic heterocycles. The maximum Gasteiger partial charge on any atom is 0.0961 e. The summed E-state index contributed by atoms with van der Waals surface area (Å²) in [5, 5.41) is 12.7.